The second-order valence-electron chi connectivity index (χ2n) is 5.78. The van der Waals surface area contributed by atoms with Crippen molar-refractivity contribution in [1.29, 1.82) is 0 Å². The molecule has 2 aromatic carbocycles. The van der Waals surface area contributed by atoms with E-state index >= 15 is 0 Å². The summed E-state index contributed by atoms with van der Waals surface area (Å²) >= 11 is 0. The third-order valence-corrected chi connectivity index (χ3v) is 4.45. The molecule has 1 atom stereocenters. The van der Waals surface area contributed by atoms with Crippen molar-refractivity contribution in [2.75, 3.05) is 7.05 Å². The van der Waals surface area contributed by atoms with E-state index in [1.807, 2.05) is 37.4 Å². The zero-order chi connectivity index (χ0) is 14.7. The smallest absolute Gasteiger partial charge is 0.131 e. The lowest BCUT2D eigenvalue weighted by atomic mass is 9.91. The Hall–Kier alpha value is -1.67. The highest BCUT2D eigenvalue weighted by atomic mass is 19.1. The predicted octanol–water partition coefficient (Wildman–Crippen LogP) is 5.13. The monoisotopic (exact) mass is 283 g/mol. The van der Waals surface area contributed by atoms with E-state index in [-0.39, 0.29) is 11.9 Å². The fraction of sp³-hybridized carbons (Fsp3) is 0.368. The zero-order valence-corrected chi connectivity index (χ0v) is 12.5. The third kappa shape index (κ3) is 2.86. The first kappa shape index (κ1) is 14.3. The lowest BCUT2D eigenvalue weighted by Gasteiger charge is -2.22. The fourth-order valence-electron chi connectivity index (χ4n) is 3.38. The lowest BCUT2D eigenvalue weighted by molar-refractivity contribution is 0.624. The maximum absolute atomic E-state index is 14.0. The Morgan fingerprint density at radius 2 is 1.81 bits per heavy atom. The van der Waals surface area contributed by atoms with Gasteiger partial charge in [0.15, 0.2) is 0 Å². The normalized spacial score (nSPS) is 17.3. The molecule has 0 bridgehead atoms. The summed E-state index contributed by atoms with van der Waals surface area (Å²) < 4.78 is 14.0. The molecule has 2 heteroatoms. The van der Waals surface area contributed by atoms with Crippen molar-refractivity contribution in [2.45, 2.75) is 38.1 Å². The predicted molar refractivity (Wildman–Crippen MR) is 86.9 cm³/mol. The number of likely N-dealkylation sites (N-methyl/N-ethyl adjacent to an activating group) is 1. The Kier molecular flexibility index (Phi) is 4.35. The summed E-state index contributed by atoms with van der Waals surface area (Å²) in [6.07, 6.45) is 8.52. The molecule has 0 spiro atoms. The number of fused-ring (bicyclic) bond motifs is 1. The average Bonchev–Trinajstić information content (AvgIpc) is 2.80. The number of hydrogen-bond acceptors (Lipinski definition) is 1. The van der Waals surface area contributed by atoms with Crippen molar-refractivity contribution in [2.24, 2.45) is 0 Å². The van der Waals surface area contributed by atoms with Gasteiger partial charge in [-0.25, -0.2) is 4.39 Å². The first-order valence-corrected chi connectivity index (χ1v) is 7.84. The van der Waals surface area contributed by atoms with Gasteiger partial charge in [0.05, 0.1) is 6.04 Å². The Labute approximate surface area is 125 Å². The number of halogens is 1. The third-order valence-electron chi connectivity index (χ3n) is 4.45. The molecule has 21 heavy (non-hydrogen) atoms. The van der Waals surface area contributed by atoms with Crippen molar-refractivity contribution in [3.63, 3.8) is 0 Å². The minimum absolute atomic E-state index is 0.140. The second kappa shape index (κ2) is 6.40. The van der Waals surface area contributed by atoms with Crippen LogP contribution in [0.5, 0.6) is 0 Å². The molecule has 1 aliphatic carbocycles. The minimum Gasteiger partial charge on any atom is -0.310 e. The van der Waals surface area contributed by atoms with E-state index in [1.54, 1.807) is 6.07 Å². The quantitative estimate of drug-likeness (QED) is 0.770. The molecule has 0 fully saturated rings. The van der Waals surface area contributed by atoms with E-state index in [1.165, 1.54) is 30.4 Å². The van der Waals surface area contributed by atoms with Gasteiger partial charge < -0.3 is 5.32 Å². The highest BCUT2D eigenvalue weighted by Gasteiger charge is 2.18. The molecular weight excluding hydrogens is 261 g/mol. The van der Waals surface area contributed by atoms with Gasteiger partial charge in [0.25, 0.3) is 0 Å². The van der Waals surface area contributed by atoms with Gasteiger partial charge in [0, 0.05) is 5.39 Å². The van der Waals surface area contributed by atoms with Gasteiger partial charge in [-0.3, -0.25) is 0 Å². The maximum Gasteiger partial charge on any atom is 0.131 e. The Morgan fingerprint density at radius 1 is 1.00 bits per heavy atom. The topological polar surface area (TPSA) is 12.0 Å². The second-order valence-corrected chi connectivity index (χ2v) is 5.78. The summed E-state index contributed by atoms with van der Waals surface area (Å²) in [6, 6.07) is 11.5. The van der Waals surface area contributed by atoms with Crippen LogP contribution in [0.4, 0.5) is 4.39 Å². The van der Waals surface area contributed by atoms with Gasteiger partial charge in [-0.05, 0) is 49.7 Å². The molecule has 1 unspecified atom stereocenters. The van der Waals surface area contributed by atoms with E-state index < -0.39 is 0 Å². The van der Waals surface area contributed by atoms with Crippen LogP contribution in [0.25, 0.3) is 10.8 Å². The van der Waals surface area contributed by atoms with Gasteiger partial charge >= 0.3 is 0 Å². The van der Waals surface area contributed by atoms with Crippen molar-refractivity contribution in [3.05, 3.63) is 59.4 Å². The Bertz CT molecular complexity index is 660. The van der Waals surface area contributed by atoms with Gasteiger partial charge in [-0.15, -0.1) is 0 Å². The van der Waals surface area contributed by atoms with Crippen molar-refractivity contribution < 1.29 is 4.39 Å². The Morgan fingerprint density at radius 3 is 2.62 bits per heavy atom. The first-order chi connectivity index (χ1) is 10.3. The van der Waals surface area contributed by atoms with Crippen LogP contribution in [-0.2, 0) is 0 Å². The molecule has 2 aromatic rings. The van der Waals surface area contributed by atoms with Crippen LogP contribution >= 0.6 is 0 Å². The van der Waals surface area contributed by atoms with Gasteiger partial charge in [-0.2, -0.15) is 0 Å². The highest BCUT2D eigenvalue weighted by molar-refractivity contribution is 5.87. The van der Waals surface area contributed by atoms with E-state index in [0.717, 1.165) is 18.2 Å². The summed E-state index contributed by atoms with van der Waals surface area (Å²) in [4.78, 5) is 0. The van der Waals surface area contributed by atoms with Gasteiger partial charge in [0.1, 0.15) is 5.82 Å². The standard InChI is InChI=1S/C19H22FN/c1-21-19(14-8-4-2-3-5-9-14)17-12-13-18(20)16-11-7-6-10-15(16)17/h6-8,10-13,19,21H,2-5,9H2,1H3. The average molecular weight is 283 g/mol. The maximum atomic E-state index is 14.0. The molecule has 110 valence electrons. The molecule has 0 radical (unpaired) electrons. The highest BCUT2D eigenvalue weighted by Crippen LogP contribution is 2.33. The molecule has 0 heterocycles. The molecule has 0 saturated carbocycles. The summed E-state index contributed by atoms with van der Waals surface area (Å²) in [5.41, 5.74) is 2.63. The summed E-state index contributed by atoms with van der Waals surface area (Å²) in [7, 11) is 1.99. The number of allylic oxidation sites excluding steroid dienone is 1. The molecule has 0 amide bonds. The van der Waals surface area contributed by atoms with Crippen LogP contribution in [0.2, 0.25) is 0 Å². The number of hydrogen-bond donors (Lipinski definition) is 1. The number of rotatable bonds is 3. The molecule has 1 aliphatic rings. The van der Waals surface area contributed by atoms with Gasteiger partial charge in [0.2, 0.25) is 0 Å². The fourth-order valence-corrected chi connectivity index (χ4v) is 3.38. The summed E-state index contributed by atoms with van der Waals surface area (Å²) in [6.45, 7) is 0. The number of nitrogens with one attached hydrogen (secondary N) is 1. The summed E-state index contributed by atoms with van der Waals surface area (Å²) in [5.74, 6) is -0.140. The molecular formula is C19H22FN. The molecule has 0 saturated heterocycles. The molecule has 3 rings (SSSR count). The van der Waals surface area contributed by atoms with Crippen LogP contribution in [0.1, 0.15) is 43.7 Å². The lowest BCUT2D eigenvalue weighted by Crippen LogP contribution is -2.19. The van der Waals surface area contributed by atoms with Crippen LogP contribution in [0.3, 0.4) is 0 Å². The van der Waals surface area contributed by atoms with E-state index in [2.05, 4.69) is 11.4 Å². The number of benzene rings is 2. The van der Waals surface area contributed by atoms with Crippen molar-refractivity contribution in [1.82, 2.24) is 5.32 Å². The SMILES string of the molecule is CNC(C1=CCCCCC1)c1ccc(F)c2ccccc12. The molecule has 1 N–H and O–H groups in total. The molecule has 1 nitrogen and oxygen atoms in total. The van der Waals surface area contributed by atoms with Crippen LogP contribution in [0, 0.1) is 5.82 Å². The van der Waals surface area contributed by atoms with E-state index in [9.17, 15) is 4.39 Å². The van der Waals surface area contributed by atoms with Crippen molar-refractivity contribution in [3.8, 4) is 0 Å². The molecule has 0 aliphatic heterocycles. The van der Waals surface area contributed by atoms with Crippen LogP contribution in [-0.4, -0.2) is 7.05 Å². The van der Waals surface area contributed by atoms with Gasteiger partial charge in [-0.1, -0.05) is 48.4 Å². The van der Waals surface area contributed by atoms with Crippen LogP contribution < -0.4 is 5.32 Å². The largest absolute Gasteiger partial charge is 0.310 e. The Balaban J connectivity index is 2.09. The summed E-state index contributed by atoms with van der Waals surface area (Å²) in [5, 5.41) is 5.16. The zero-order valence-electron chi connectivity index (χ0n) is 12.5. The first-order valence-electron chi connectivity index (χ1n) is 7.84. The van der Waals surface area contributed by atoms with Crippen LogP contribution in [0.15, 0.2) is 48.0 Å². The van der Waals surface area contributed by atoms with E-state index in [0.29, 0.717) is 5.39 Å². The molecule has 0 aromatic heterocycles. The minimum atomic E-state index is -0.140. The van der Waals surface area contributed by atoms with Crippen molar-refractivity contribution >= 4 is 10.8 Å². The van der Waals surface area contributed by atoms with E-state index in [4.69, 9.17) is 0 Å².